The Balaban J connectivity index is 2.89. The number of carbonyl (C=O) groups excluding carboxylic acids is 1. The van der Waals surface area contributed by atoms with Gasteiger partial charge in [-0.15, -0.1) is 11.6 Å². The van der Waals surface area contributed by atoms with Crippen molar-refractivity contribution in [2.75, 3.05) is 0 Å². The highest BCUT2D eigenvalue weighted by Crippen LogP contribution is 2.30. The van der Waals surface area contributed by atoms with Crippen molar-refractivity contribution in [3.8, 4) is 0 Å². The Kier molecular flexibility index (Phi) is 2.88. The van der Waals surface area contributed by atoms with Gasteiger partial charge in [0.25, 0.3) is 16.1 Å². The van der Waals surface area contributed by atoms with Crippen molar-refractivity contribution in [1.82, 2.24) is 0 Å². The number of rotatable bonds is 2. The summed E-state index contributed by atoms with van der Waals surface area (Å²) in [5, 5.41) is -1.10. The first-order valence-corrected chi connectivity index (χ1v) is 5.49. The lowest BCUT2D eigenvalue weighted by atomic mass is 10.4. The average molecular weight is 210 g/mol. The first kappa shape index (κ1) is 9.71. The molecule has 0 N–H and O–H groups in total. The highest BCUT2D eigenvalue weighted by Gasteiger charge is 2.36. The van der Waals surface area contributed by atoms with Crippen LogP contribution in [-0.4, -0.2) is 25.1 Å². The lowest BCUT2D eigenvalue weighted by Gasteiger charge is -2.08. The molecule has 1 aliphatic rings. The molecule has 0 aliphatic heterocycles. The van der Waals surface area contributed by atoms with Crippen LogP contribution in [0.15, 0.2) is 4.40 Å². The summed E-state index contributed by atoms with van der Waals surface area (Å²) in [4.78, 5) is 9.77. The van der Waals surface area contributed by atoms with Crippen molar-refractivity contribution >= 4 is 27.7 Å². The van der Waals surface area contributed by atoms with Gasteiger partial charge >= 0.3 is 0 Å². The molecule has 2 unspecified atom stereocenters. The van der Waals surface area contributed by atoms with Gasteiger partial charge in [-0.2, -0.15) is 0 Å². The van der Waals surface area contributed by atoms with E-state index < -0.39 is 20.7 Å². The van der Waals surface area contributed by atoms with Crippen LogP contribution in [0.25, 0.3) is 0 Å². The van der Waals surface area contributed by atoms with E-state index in [0.29, 0.717) is 12.8 Å². The molecule has 0 aromatic rings. The minimum atomic E-state index is -3.69. The molecule has 0 aromatic carbocycles. The molecule has 6 heteroatoms. The Morgan fingerprint density at radius 2 is 2.08 bits per heavy atom. The molecule has 0 amide bonds. The molecule has 0 bridgehead atoms. The molecule has 0 radical (unpaired) electrons. The largest absolute Gasteiger partial charge is 0.267 e. The number of hydrogen-bond donors (Lipinski definition) is 0. The maximum Gasteiger partial charge on any atom is 0.267 e. The Hall–Kier alpha value is -0.380. The van der Waals surface area contributed by atoms with Gasteiger partial charge in [0, 0.05) is 0 Å². The average Bonchev–Trinajstić information content (AvgIpc) is 2.35. The van der Waals surface area contributed by atoms with E-state index in [9.17, 15) is 13.2 Å². The maximum atomic E-state index is 11.1. The monoisotopic (exact) mass is 209 g/mol. The number of nitrogens with zero attached hydrogens (tertiary/aromatic N) is 1. The number of isocyanates is 1. The van der Waals surface area contributed by atoms with Crippen molar-refractivity contribution in [1.29, 1.82) is 0 Å². The Bertz CT molecular complexity index is 307. The fourth-order valence-corrected chi connectivity index (χ4v) is 3.22. The molecule has 0 aromatic heterocycles. The fraction of sp³-hybridized carbons (Fsp3) is 0.833. The van der Waals surface area contributed by atoms with Crippen molar-refractivity contribution in [3.05, 3.63) is 0 Å². The molecule has 0 saturated heterocycles. The van der Waals surface area contributed by atoms with E-state index in [0.717, 1.165) is 12.5 Å². The lowest BCUT2D eigenvalue weighted by molar-refractivity contribution is 0.561. The quantitative estimate of drug-likeness (QED) is 0.384. The molecule has 0 heterocycles. The summed E-state index contributed by atoms with van der Waals surface area (Å²) >= 11 is 5.73. The van der Waals surface area contributed by atoms with Crippen LogP contribution in [0.1, 0.15) is 19.3 Å². The van der Waals surface area contributed by atoms with E-state index in [1.165, 1.54) is 0 Å². The van der Waals surface area contributed by atoms with Crippen LogP contribution in [0.3, 0.4) is 0 Å². The van der Waals surface area contributed by atoms with Crippen LogP contribution >= 0.6 is 11.6 Å². The Morgan fingerprint density at radius 1 is 1.42 bits per heavy atom. The van der Waals surface area contributed by atoms with Crippen LogP contribution in [0.4, 0.5) is 0 Å². The molecule has 0 spiro atoms. The van der Waals surface area contributed by atoms with Gasteiger partial charge in [0.05, 0.1) is 10.6 Å². The zero-order valence-corrected chi connectivity index (χ0v) is 7.81. The SMILES string of the molecule is O=C=NS(=O)(=O)C1CCCC1Cl. The number of alkyl halides is 1. The standard InChI is InChI=1S/C6H8ClNO3S/c7-5-2-1-3-6(5)12(10,11)8-4-9/h5-6H,1-3H2. The highest BCUT2D eigenvalue weighted by atomic mass is 35.5. The van der Waals surface area contributed by atoms with E-state index >= 15 is 0 Å². The van der Waals surface area contributed by atoms with Gasteiger partial charge in [-0.05, 0) is 12.8 Å². The summed E-state index contributed by atoms with van der Waals surface area (Å²) < 4.78 is 25.0. The van der Waals surface area contributed by atoms with Crippen LogP contribution in [0, 0.1) is 0 Å². The highest BCUT2D eigenvalue weighted by molar-refractivity contribution is 7.91. The van der Waals surface area contributed by atoms with E-state index in [1.54, 1.807) is 0 Å². The lowest BCUT2D eigenvalue weighted by Crippen LogP contribution is -2.23. The fourth-order valence-electron chi connectivity index (χ4n) is 1.34. The van der Waals surface area contributed by atoms with Crippen LogP contribution < -0.4 is 0 Å². The first-order chi connectivity index (χ1) is 5.58. The summed E-state index contributed by atoms with van der Waals surface area (Å²) in [6, 6.07) is 0. The molecule has 1 fully saturated rings. The smallest absolute Gasteiger partial charge is 0.210 e. The van der Waals surface area contributed by atoms with Crippen LogP contribution in [0.2, 0.25) is 0 Å². The topological polar surface area (TPSA) is 63.6 Å². The number of halogens is 1. The third-order valence-corrected chi connectivity index (χ3v) is 4.25. The number of sulfonamides is 1. The maximum absolute atomic E-state index is 11.1. The molecule has 1 saturated carbocycles. The molecular formula is C6H8ClNO3S. The summed E-state index contributed by atoms with van der Waals surface area (Å²) in [6.45, 7) is 0. The predicted molar refractivity (Wildman–Crippen MR) is 44.3 cm³/mol. The normalized spacial score (nSPS) is 29.8. The summed E-state index contributed by atoms with van der Waals surface area (Å²) in [7, 11) is -3.69. The van der Waals surface area contributed by atoms with Crippen LogP contribution in [0.5, 0.6) is 0 Å². The molecule has 1 rings (SSSR count). The minimum absolute atomic E-state index is 0.410. The van der Waals surface area contributed by atoms with Crippen molar-refractivity contribution in [2.45, 2.75) is 29.9 Å². The second-order valence-electron chi connectivity index (χ2n) is 2.68. The van der Waals surface area contributed by atoms with Gasteiger partial charge in [0.1, 0.15) is 0 Å². The zero-order valence-electron chi connectivity index (χ0n) is 6.23. The van der Waals surface area contributed by atoms with Crippen molar-refractivity contribution in [2.24, 2.45) is 4.40 Å². The molecule has 1 aliphatic carbocycles. The molecular weight excluding hydrogens is 202 g/mol. The zero-order chi connectivity index (χ0) is 9.19. The minimum Gasteiger partial charge on any atom is -0.210 e. The van der Waals surface area contributed by atoms with Crippen molar-refractivity contribution in [3.63, 3.8) is 0 Å². The van der Waals surface area contributed by atoms with Gasteiger partial charge in [-0.1, -0.05) is 10.8 Å². The molecule has 4 nitrogen and oxygen atoms in total. The second-order valence-corrected chi connectivity index (χ2v) is 5.06. The molecule has 12 heavy (non-hydrogen) atoms. The van der Waals surface area contributed by atoms with Gasteiger partial charge in [0.2, 0.25) is 0 Å². The summed E-state index contributed by atoms with van der Waals surface area (Å²) in [5.74, 6) is 0. The van der Waals surface area contributed by atoms with Gasteiger partial charge < -0.3 is 0 Å². The van der Waals surface area contributed by atoms with Gasteiger partial charge in [-0.3, -0.25) is 0 Å². The number of hydrogen-bond acceptors (Lipinski definition) is 3. The first-order valence-electron chi connectivity index (χ1n) is 3.55. The third kappa shape index (κ3) is 1.86. The third-order valence-electron chi connectivity index (χ3n) is 1.92. The van der Waals surface area contributed by atoms with Gasteiger partial charge in [0.15, 0.2) is 0 Å². The van der Waals surface area contributed by atoms with Gasteiger partial charge in [-0.25, -0.2) is 13.2 Å². The second kappa shape index (κ2) is 3.56. The van der Waals surface area contributed by atoms with Crippen LogP contribution in [-0.2, 0) is 14.8 Å². The van der Waals surface area contributed by atoms with E-state index in [4.69, 9.17) is 11.6 Å². The summed E-state index contributed by atoms with van der Waals surface area (Å²) in [6.07, 6.45) is 2.96. The van der Waals surface area contributed by atoms with E-state index in [2.05, 4.69) is 4.40 Å². The molecule has 2 atom stereocenters. The van der Waals surface area contributed by atoms with E-state index in [-0.39, 0.29) is 0 Å². The van der Waals surface area contributed by atoms with E-state index in [1.807, 2.05) is 0 Å². The van der Waals surface area contributed by atoms with Crippen molar-refractivity contribution < 1.29 is 13.2 Å². The Labute approximate surface area is 75.7 Å². The predicted octanol–water partition coefficient (Wildman–Crippen LogP) is 0.812. The Morgan fingerprint density at radius 3 is 2.50 bits per heavy atom. The molecule has 68 valence electrons. The summed E-state index contributed by atoms with van der Waals surface area (Å²) in [5.41, 5.74) is 0.